The number of rotatable bonds is 8. The van der Waals surface area contributed by atoms with E-state index in [1.807, 2.05) is 20.8 Å². The predicted molar refractivity (Wildman–Crippen MR) is 73.3 cm³/mol. The van der Waals surface area contributed by atoms with Gasteiger partial charge in [0.25, 0.3) is 0 Å². The van der Waals surface area contributed by atoms with Crippen molar-refractivity contribution in [2.45, 2.75) is 59.0 Å². The van der Waals surface area contributed by atoms with Gasteiger partial charge in [0.2, 0.25) is 0 Å². The van der Waals surface area contributed by atoms with Crippen LogP contribution in [0.25, 0.3) is 0 Å². The lowest BCUT2D eigenvalue weighted by Crippen LogP contribution is -2.56. The summed E-state index contributed by atoms with van der Waals surface area (Å²) in [5, 5.41) is -0.234. The van der Waals surface area contributed by atoms with Crippen molar-refractivity contribution in [2.24, 2.45) is 5.92 Å². The molecule has 0 radical (unpaired) electrons. The van der Waals surface area contributed by atoms with E-state index in [-0.39, 0.29) is 17.6 Å². The van der Waals surface area contributed by atoms with E-state index in [0.717, 1.165) is 0 Å². The van der Waals surface area contributed by atoms with Crippen molar-refractivity contribution >= 4 is 8.56 Å². The summed E-state index contributed by atoms with van der Waals surface area (Å²) in [5.41, 5.74) is 0.311. The molecule has 0 aromatic heterocycles. The number of hydrogen-bond acceptors (Lipinski definition) is 2. The van der Waals surface area contributed by atoms with Crippen molar-refractivity contribution in [3.05, 3.63) is 0 Å². The molecule has 0 amide bonds. The normalized spacial score (nSPS) is 15.4. The summed E-state index contributed by atoms with van der Waals surface area (Å²) in [6.45, 7) is 15.3. The highest BCUT2D eigenvalue weighted by atomic mass is 28.4. The van der Waals surface area contributed by atoms with Crippen LogP contribution in [0.15, 0.2) is 0 Å². The van der Waals surface area contributed by atoms with E-state index in [1.54, 1.807) is 0 Å². The van der Waals surface area contributed by atoms with E-state index >= 15 is 0 Å². The largest absolute Gasteiger partial charge is 0.394 e. The van der Waals surface area contributed by atoms with Gasteiger partial charge in [0.15, 0.2) is 0 Å². The first kappa shape index (κ1) is 17.1. The molecule has 4 heteroatoms. The fourth-order valence-electron chi connectivity index (χ4n) is 2.46. The van der Waals surface area contributed by atoms with Crippen LogP contribution < -0.4 is 0 Å². The minimum atomic E-state index is -2.42. The van der Waals surface area contributed by atoms with Crippen LogP contribution >= 0.6 is 0 Å². The van der Waals surface area contributed by atoms with Crippen LogP contribution in [0.2, 0.25) is 10.6 Å². The molecule has 0 bridgehead atoms. The van der Waals surface area contributed by atoms with E-state index in [0.29, 0.717) is 18.8 Å². The van der Waals surface area contributed by atoms with E-state index in [1.165, 1.54) is 0 Å². The van der Waals surface area contributed by atoms with Crippen molar-refractivity contribution in [3.8, 4) is 0 Å². The summed E-state index contributed by atoms with van der Waals surface area (Å²) in [7, 11) is -2.42. The molecule has 1 unspecified atom stereocenters. The van der Waals surface area contributed by atoms with Crippen LogP contribution in [0.4, 0.5) is 4.39 Å². The monoisotopic (exact) mass is 264 g/mol. The van der Waals surface area contributed by atoms with Gasteiger partial charge in [0.1, 0.15) is 0 Å². The molecule has 0 fully saturated rings. The first-order chi connectivity index (χ1) is 7.80. The highest BCUT2D eigenvalue weighted by Gasteiger charge is 2.56. The zero-order valence-electron chi connectivity index (χ0n) is 12.5. The Labute approximate surface area is 107 Å². The van der Waals surface area contributed by atoms with E-state index in [4.69, 9.17) is 8.85 Å². The third-order valence-corrected chi connectivity index (χ3v) is 9.08. The van der Waals surface area contributed by atoms with Crippen LogP contribution in [0.1, 0.15) is 48.5 Å². The maximum Gasteiger partial charge on any atom is 0.347 e. The maximum atomic E-state index is 13.1. The molecule has 2 nitrogen and oxygen atoms in total. The molecule has 0 N–H and O–H groups in total. The second kappa shape index (κ2) is 6.85. The summed E-state index contributed by atoms with van der Waals surface area (Å²) in [6, 6.07) is 0. The second-order valence-electron chi connectivity index (χ2n) is 5.47. The van der Waals surface area contributed by atoms with E-state index in [2.05, 4.69) is 27.7 Å². The molecule has 1 atom stereocenters. The fraction of sp³-hybridized carbons (Fsp3) is 1.00. The van der Waals surface area contributed by atoms with Gasteiger partial charge in [0.05, 0.1) is 6.67 Å². The van der Waals surface area contributed by atoms with Crippen LogP contribution in [0, 0.1) is 5.92 Å². The zero-order valence-corrected chi connectivity index (χ0v) is 13.5. The summed E-state index contributed by atoms with van der Waals surface area (Å²) in [5.74, 6) is -0.0466. The van der Waals surface area contributed by atoms with Gasteiger partial charge in [-0.2, -0.15) is 0 Å². The Morgan fingerprint density at radius 3 is 1.71 bits per heavy atom. The zero-order chi connectivity index (χ0) is 13.7. The molecule has 0 aliphatic rings. The smallest absolute Gasteiger partial charge is 0.347 e. The van der Waals surface area contributed by atoms with Crippen LogP contribution in [-0.2, 0) is 8.85 Å². The van der Waals surface area contributed by atoms with Crippen molar-refractivity contribution in [3.63, 3.8) is 0 Å². The molecule has 0 spiro atoms. The lowest BCUT2D eigenvalue weighted by Gasteiger charge is -2.47. The molecule has 104 valence electrons. The average molecular weight is 264 g/mol. The highest BCUT2D eigenvalue weighted by Crippen LogP contribution is 2.50. The minimum Gasteiger partial charge on any atom is -0.394 e. The van der Waals surface area contributed by atoms with Crippen molar-refractivity contribution in [1.29, 1.82) is 0 Å². The standard InChI is InChI=1S/C13H29FO2Si/c1-8-15-17(11(3)4,16-9-2)13(6,7)12(5)10-14/h11-12H,8-10H2,1-7H3. The third-order valence-electron chi connectivity index (χ3n) is 3.84. The van der Waals surface area contributed by atoms with Gasteiger partial charge >= 0.3 is 8.56 Å². The summed E-state index contributed by atoms with van der Waals surface area (Å²) >= 11 is 0. The van der Waals surface area contributed by atoms with Crippen LogP contribution in [0.3, 0.4) is 0 Å². The Hall–Kier alpha value is 0.0669. The summed E-state index contributed by atoms with van der Waals surface area (Å²) in [4.78, 5) is 0. The highest BCUT2D eigenvalue weighted by molar-refractivity contribution is 6.72. The Bertz CT molecular complexity index is 213. The Balaban J connectivity index is 5.38. The molecule has 0 aromatic carbocycles. The number of alkyl halides is 1. The molecule has 0 aliphatic carbocycles. The van der Waals surface area contributed by atoms with Gasteiger partial charge in [-0.25, -0.2) is 0 Å². The van der Waals surface area contributed by atoms with E-state index in [9.17, 15) is 4.39 Å². The van der Waals surface area contributed by atoms with Gasteiger partial charge in [-0.15, -0.1) is 0 Å². The van der Waals surface area contributed by atoms with Crippen molar-refractivity contribution in [2.75, 3.05) is 19.9 Å². The van der Waals surface area contributed by atoms with Gasteiger partial charge < -0.3 is 8.85 Å². The van der Waals surface area contributed by atoms with Crippen molar-refractivity contribution < 1.29 is 13.2 Å². The maximum absolute atomic E-state index is 13.1. The van der Waals surface area contributed by atoms with Gasteiger partial charge in [0, 0.05) is 18.3 Å². The Morgan fingerprint density at radius 2 is 1.47 bits per heavy atom. The molecule has 0 saturated carbocycles. The van der Waals surface area contributed by atoms with Crippen LogP contribution in [0.5, 0.6) is 0 Å². The Morgan fingerprint density at radius 1 is 1.06 bits per heavy atom. The van der Waals surface area contributed by atoms with Crippen molar-refractivity contribution in [1.82, 2.24) is 0 Å². The summed E-state index contributed by atoms with van der Waals surface area (Å²) in [6.07, 6.45) is 0. The van der Waals surface area contributed by atoms with E-state index < -0.39 is 8.56 Å². The SMILES string of the molecule is CCO[Si](OCC)(C(C)C)C(C)(C)C(C)CF. The first-order valence-corrected chi connectivity index (χ1v) is 8.53. The van der Waals surface area contributed by atoms with Gasteiger partial charge in [-0.3, -0.25) is 4.39 Å². The molecule has 0 aromatic rings. The predicted octanol–water partition coefficient (Wildman–Crippen LogP) is 4.30. The average Bonchev–Trinajstić information content (AvgIpc) is 2.26. The first-order valence-electron chi connectivity index (χ1n) is 6.63. The topological polar surface area (TPSA) is 18.5 Å². The minimum absolute atomic E-state index is 0.0466. The lowest BCUT2D eigenvalue weighted by atomic mass is 9.98. The number of halogens is 1. The molecule has 0 heterocycles. The van der Waals surface area contributed by atoms with Gasteiger partial charge in [-0.05, 0) is 25.3 Å². The molecule has 0 aliphatic heterocycles. The third kappa shape index (κ3) is 3.29. The molecule has 0 rings (SSSR count). The van der Waals surface area contributed by atoms with Crippen LogP contribution in [-0.4, -0.2) is 28.4 Å². The lowest BCUT2D eigenvalue weighted by molar-refractivity contribution is 0.129. The Kier molecular flexibility index (Phi) is 6.88. The fourth-order valence-corrected chi connectivity index (χ4v) is 7.06. The molecule has 0 saturated heterocycles. The molecular weight excluding hydrogens is 235 g/mol. The summed E-state index contributed by atoms with van der Waals surface area (Å²) < 4.78 is 25.2. The molecule has 17 heavy (non-hydrogen) atoms. The molecular formula is C13H29FO2Si. The quantitative estimate of drug-likeness (QED) is 0.609. The number of hydrogen-bond donors (Lipinski definition) is 0. The second-order valence-corrected chi connectivity index (χ2v) is 9.82. The van der Waals surface area contributed by atoms with Gasteiger partial charge in [-0.1, -0.05) is 34.6 Å².